The zero-order valence-corrected chi connectivity index (χ0v) is 12.6. The second-order valence-electron chi connectivity index (χ2n) is 5.64. The van der Waals surface area contributed by atoms with Crippen LogP contribution in [0.25, 0.3) is 5.69 Å². The molecule has 0 spiro atoms. The third-order valence-electron chi connectivity index (χ3n) is 3.67. The highest BCUT2D eigenvalue weighted by molar-refractivity contribution is 5.93. The van der Waals surface area contributed by atoms with E-state index >= 15 is 0 Å². The molecule has 0 radical (unpaired) electrons. The van der Waals surface area contributed by atoms with E-state index in [1.165, 1.54) is 12.8 Å². The molecule has 1 N–H and O–H groups in total. The lowest BCUT2D eigenvalue weighted by Crippen LogP contribution is -2.25. The van der Waals surface area contributed by atoms with Crippen molar-refractivity contribution in [3.05, 3.63) is 48.3 Å². The Morgan fingerprint density at radius 3 is 2.91 bits per heavy atom. The van der Waals surface area contributed by atoms with Crippen LogP contribution in [0.3, 0.4) is 0 Å². The minimum absolute atomic E-state index is 0.0932. The van der Waals surface area contributed by atoms with Crippen molar-refractivity contribution in [3.8, 4) is 5.69 Å². The fourth-order valence-corrected chi connectivity index (χ4v) is 2.17. The largest absolute Gasteiger partial charge is 0.381 e. The first-order valence-corrected chi connectivity index (χ1v) is 7.79. The molecular weight excluding hydrogens is 278 g/mol. The number of para-hydroxylation sites is 1. The number of carbonyl (C=O) groups excluding carboxylic acids is 1. The molecule has 0 saturated heterocycles. The Morgan fingerprint density at radius 2 is 2.14 bits per heavy atom. The smallest absolute Gasteiger partial charge is 0.254 e. The third kappa shape index (κ3) is 4.18. The molecule has 0 bridgehead atoms. The van der Waals surface area contributed by atoms with Crippen molar-refractivity contribution in [3.63, 3.8) is 0 Å². The van der Waals surface area contributed by atoms with Crippen LogP contribution in [0.2, 0.25) is 0 Å². The van der Waals surface area contributed by atoms with Crippen LogP contribution < -0.4 is 5.32 Å². The van der Waals surface area contributed by atoms with Gasteiger partial charge in [0, 0.05) is 26.0 Å². The maximum absolute atomic E-state index is 12.0. The molecule has 3 rings (SSSR count). The van der Waals surface area contributed by atoms with Gasteiger partial charge in [-0.05, 0) is 37.3 Å². The third-order valence-corrected chi connectivity index (χ3v) is 3.67. The van der Waals surface area contributed by atoms with Crippen molar-refractivity contribution in [2.24, 2.45) is 5.92 Å². The van der Waals surface area contributed by atoms with Crippen molar-refractivity contribution >= 4 is 5.91 Å². The molecule has 0 unspecified atom stereocenters. The Kier molecular flexibility index (Phi) is 4.85. The molecule has 1 fully saturated rings. The lowest BCUT2D eigenvalue weighted by Gasteiger charge is -2.04. The second kappa shape index (κ2) is 7.22. The molecule has 1 aliphatic carbocycles. The van der Waals surface area contributed by atoms with Crippen LogP contribution in [0, 0.1) is 5.92 Å². The number of carbonyl (C=O) groups is 1. The average Bonchev–Trinajstić information content (AvgIpc) is 3.24. The van der Waals surface area contributed by atoms with Gasteiger partial charge in [0.2, 0.25) is 0 Å². The number of nitrogens with zero attached hydrogens (tertiary/aromatic N) is 2. The second-order valence-corrected chi connectivity index (χ2v) is 5.64. The molecule has 22 heavy (non-hydrogen) atoms. The van der Waals surface area contributed by atoms with Crippen LogP contribution in [-0.4, -0.2) is 35.4 Å². The van der Waals surface area contributed by atoms with Gasteiger partial charge in [0.25, 0.3) is 5.91 Å². The monoisotopic (exact) mass is 299 g/mol. The predicted molar refractivity (Wildman–Crippen MR) is 84.1 cm³/mol. The maximum atomic E-state index is 12.0. The highest BCUT2D eigenvalue weighted by Gasteiger charge is 2.20. The molecule has 5 heteroatoms. The van der Waals surface area contributed by atoms with Gasteiger partial charge in [-0.3, -0.25) is 4.79 Å². The Bertz CT molecular complexity index is 605. The number of nitrogens with one attached hydrogen (secondary N) is 1. The lowest BCUT2D eigenvalue weighted by atomic mass is 10.3. The van der Waals surface area contributed by atoms with Crippen molar-refractivity contribution in [2.45, 2.75) is 19.3 Å². The summed E-state index contributed by atoms with van der Waals surface area (Å²) in [5, 5.41) is 7.12. The molecule has 116 valence electrons. The Balaban J connectivity index is 1.41. The lowest BCUT2D eigenvalue weighted by molar-refractivity contribution is 0.0937. The first kappa shape index (κ1) is 14.8. The summed E-state index contributed by atoms with van der Waals surface area (Å²) in [7, 11) is 0. The summed E-state index contributed by atoms with van der Waals surface area (Å²) < 4.78 is 7.24. The van der Waals surface area contributed by atoms with Gasteiger partial charge in [0.05, 0.1) is 17.4 Å². The summed E-state index contributed by atoms with van der Waals surface area (Å²) in [5.74, 6) is 0.697. The molecule has 1 amide bonds. The zero-order chi connectivity index (χ0) is 15.2. The van der Waals surface area contributed by atoms with Gasteiger partial charge in [-0.1, -0.05) is 18.2 Å². The minimum Gasteiger partial charge on any atom is -0.381 e. The number of hydrogen-bond donors (Lipinski definition) is 1. The van der Waals surface area contributed by atoms with E-state index in [1.54, 1.807) is 17.1 Å². The quantitative estimate of drug-likeness (QED) is 0.762. The molecule has 0 atom stereocenters. The van der Waals surface area contributed by atoms with Crippen LogP contribution in [0.4, 0.5) is 0 Å². The normalized spacial score (nSPS) is 14.0. The number of benzene rings is 1. The van der Waals surface area contributed by atoms with E-state index in [0.717, 1.165) is 24.6 Å². The van der Waals surface area contributed by atoms with Gasteiger partial charge in [-0.15, -0.1) is 0 Å². The molecule has 1 aromatic heterocycles. The van der Waals surface area contributed by atoms with Gasteiger partial charge in [0.15, 0.2) is 0 Å². The van der Waals surface area contributed by atoms with Crippen LogP contribution in [0.15, 0.2) is 42.7 Å². The Labute approximate surface area is 130 Å². The highest BCUT2D eigenvalue weighted by Crippen LogP contribution is 2.28. The molecular formula is C17H21N3O2. The van der Waals surface area contributed by atoms with Gasteiger partial charge in [-0.2, -0.15) is 5.10 Å². The van der Waals surface area contributed by atoms with E-state index in [9.17, 15) is 4.79 Å². The van der Waals surface area contributed by atoms with Crippen molar-refractivity contribution in [1.29, 1.82) is 0 Å². The molecule has 2 aromatic rings. The fraction of sp³-hybridized carbons (Fsp3) is 0.412. The highest BCUT2D eigenvalue weighted by atomic mass is 16.5. The number of hydrogen-bond acceptors (Lipinski definition) is 3. The van der Waals surface area contributed by atoms with Crippen LogP contribution >= 0.6 is 0 Å². The van der Waals surface area contributed by atoms with Gasteiger partial charge in [-0.25, -0.2) is 4.68 Å². The van der Waals surface area contributed by atoms with Gasteiger partial charge >= 0.3 is 0 Å². The van der Waals surface area contributed by atoms with Crippen LogP contribution in [-0.2, 0) is 4.74 Å². The van der Waals surface area contributed by atoms with Crippen LogP contribution in [0.5, 0.6) is 0 Å². The summed E-state index contributed by atoms with van der Waals surface area (Å²) in [6.45, 7) is 2.21. The summed E-state index contributed by atoms with van der Waals surface area (Å²) in [6, 6.07) is 9.74. The Hall–Kier alpha value is -2.14. The summed E-state index contributed by atoms with van der Waals surface area (Å²) >= 11 is 0. The van der Waals surface area contributed by atoms with E-state index in [-0.39, 0.29) is 5.91 Å². The number of rotatable bonds is 8. The van der Waals surface area contributed by atoms with E-state index in [0.29, 0.717) is 18.7 Å². The standard InChI is InChI=1S/C17H21N3O2/c21-17(18-9-4-10-22-13-14-7-8-14)15-11-19-20(12-15)16-5-2-1-3-6-16/h1-3,5-6,11-12,14H,4,7-10,13H2,(H,18,21). The first-order valence-electron chi connectivity index (χ1n) is 7.79. The minimum atomic E-state index is -0.0932. The number of ether oxygens (including phenoxy) is 1. The molecule has 5 nitrogen and oxygen atoms in total. The molecule has 1 aromatic carbocycles. The number of aromatic nitrogens is 2. The van der Waals surface area contributed by atoms with E-state index in [4.69, 9.17) is 4.74 Å². The zero-order valence-electron chi connectivity index (χ0n) is 12.6. The topological polar surface area (TPSA) is 56.1 Å². The van der Waals surface area contributed by atoms with E-state index < -0.39 is 0 Å². The summed E-state index contributed by atoms with van der Waals surface area (Å²) in [4.78, 5) is 12.0. The fourth-order valence-electron chi connectivity index (χ4n) is 2.17. The molecule has 1 heterocycles. The average molecular weight is 299 g/mol. The van der Waals surface area contributed by atoms with Gasteiger partial charge in [0.1, 0.15) is 0 Å². The molecule has 1 saturated carbocycles. The molecule has 1 aliphatic rings. The van der Waals surface area contributed by atoms with E-state index in [1.807, 2.05) is 30.3 Å². The Morgan fingerprint density at radius 1 is 1.32 bits per heavy atom. The van der Waals surface area contributed by atoms with Crippen molar-refractivity contribution in [2.75, 3.05) is 19.8 Å². The summed E-state index contributed by atoms with van der Waals surface area (Å²) in [6.07, 6.45) is 6.79. The van der Waals surface area contributed by atoms with Crippen molar-refractivity contribution in [1.82, 2.24) is 15.1 Å². The maximum Gasteiger partial charge on any atom is 0.254 e. The number of amides is 1. The predicted octanol–water partition coefficient (Wildman–Crippen LogP) is 2.42. The van der Waals surface area contributed by atoms with Gasteiger partial charge < -0.3 is 10.1 Å². The summed E-state index contributed by atoms with van der Waals surface area (Å²) in [5.41, 5.74) is 1.51. The van der Waals surface area contributed by atoms with Crippen molar-refractivity contribution < 1.29 is 9.53 Å². The molecule has 0 aliphatic heterocycles. The first-order chi connectivity index (χ1) is 10.8. The SMILES string of the molecule is O=C(NCCCOCC1CC1)c1cnn(-c2ccccc2)c1. The van der Waals surface area contributed by atoms with E-state index in [2.05, 4.69) is 10.4 Å². The van der Waals surface area contributed by atoms with Crippen LogP contribution in [0.1, 0.15) is 29.6 Å².